The van der Waals surface area contributed by atoms with Crippen LogP contribution < -0.4 is 0 Å². The molecule has 6 heteroatoms. The first-order valence-corrected chi connectivity index (χ1v) is 15.8. The van der Waals surface area contributed by atoms with Crippen LogP contribution in [0, 0.1) is 11.8 Å². The maximum atomic E-state index is 12.3. The molecule has 236 valence electrons. The Bertz CT molecular complexity index is 953. The van der Waals surface area contributed by atoms with E-state index in [9.17, 15) is 14.4 Å². The summed E-state index contributed by atoms with van der Waals surface area (Å²) in [4.78, 5) is 35.5. The van der Waals surface area contributed by atoms with Gasteiger partial charge in [-0.15, -0.1) is 0 Å². The molecule has 0 aromatic rings. The molecule has 0 N–H and O–H groups in total. The molecular weight excluding hydrogens is 528 g/mol. The fourth-order valence-electron chi connectivity index (χ4n) is 4.05. The van der Waals surface area contributed by atoms with Crippen LogP contribution in [0.15, 0.2) is 47.1 Å². The molecule has 0 aromatic heterocycles. The van der Waals surface area contributed by atoms with Crippen molar-refractivity contribution in [3.8, 4) is 11.8 Å². The van der Waals surface area contributed by atoms with Gasteiger partial charge in [0.15, 0.2) is 0 Å². The summed E-state index contributed by atoms with van der Waals surface area (Å²) in [7, 11) is 0. The summed E-state index contributed by atoms with van der Waals surface area (Å²) < 4.78 is 16.1. The Morgan fingerprint density at radius 2 is 1.36 bits per heavy atom. The van der Waals surface area contributed by atoms with E-state index in [4.69, 9.17) is 14.2 Å². The Morgan fingerprint density at radius 1 is 0.738 bits per heavy atom. The lowest BCUT2D eigenvalue weighted by Gasteiger charge is -2.19. The Hall–Kier alpha value is -3.07. The molecule has 0 saturated heterocycles. The van der Waals surface area contributed by atoms with Gasteiger partial charge in [0, 0.05) is 32.3 Å². The average Bonchev–Trinajstić information content (AvgIpc) is 2.92. The molecule has 1 unspecified atom stereocenters. The van der Waals surface area contributed by atoms with Crippen LogP contribution in [0.1, 0.15) is 131 Å². The summed E-state index contributed by atoms with van der Waals surface area (Å²) in [5.41, 5.74) is 2.49. The summed E-state index contributed by atoms with van der Waals surface area (Å²) in [5.74, 6) is 4.84. The molecule has 0 radical (unpaired) electrons. The number of rotatable bonds is 22. The van der Waals surface area contributed by atoms with Crippen LogP contribution in [-0.4, -0.2) is 37.2 Å². The van der Waals surface area contributed by atoms with Gasteiger partial charge in [-0.05, 0) is 70.6 Å². The third kappa shape index (κ3) is 25.9. The highest BCUT2D eigenvalue weighted by Crippen LogP contribution is 2.16. The van der Waals surface area contributed by atoms with Gasteiger partial charge < -0.3 is 14.2 Å². The van der Waals surface area contributed by atoms with Crippen molar-refractivity contribution in [2.24, 2.45) is 0 Å². The average molecular weight is 585 g/mol. The molecule has 0 aliphatic heterocycles. The van der Waals surface area contributed by atoms with Crippen LogP contribution in [0.25, 0.3) is 0 Å². The van der Waals surface area contributed by atoms with Crippen LogP contribution in [0.2, 0.25) is 0 Å². The number of hydrogen-bond donors (Lipinski definition) is 0. The van der Waals surface area contributed by atoms with E-state index >= 15 is 0 Å². The number of ether oxygens (including phenoxy) is 3. The summed E-state index contributed by atoms with van der Waals surface area (Å²) >= 11 is 0. The second-order valence-electron chi connectivity index (χ2n) is 10.9. The van der Waals surface area contributed by atoms with E-state index in [2.05, 4.69) is 30.9 Å². The SMILES string of the molecule is CCCCCCCC/C=C/CCCCCCC(=O)OC/C=C(\COC(C)=O)C(C/C=C(\C)C#CC=C(C)C)OC(C)=O. The third-order valence-corrected chi connectivity index (χ3v) is 6.41. The standard InChI is InChI=1S/C36H56O6/c1-7-8-9-10-11-12-13-14-15-16-17-18-19-20-24-36(39)40-28-27-34(29-41-32(5)37)35(42-33(6)38)26-25-31(4)23-21-22-30(2)3/h14-15,22,25,27,35H,7-13,16-20,24,26,28-29H2,1-6H3/b15-14+,31-25+,34-27+. The number of unbranched alkanes of at least 4 members (excludes halogenated alkanes) is 10. The van der Waals surface area contributed by atoms with Crippen molar-refractivity contribution in [1.82, 2.24) is 0 Å². The lowest BCUT2D eigenvalue weighted by molar-refractivity contribution is -0.146. The molecule has 0 fully saturated rings. The zero-order valence-electron chi connectivity index (χ0n) is 27.2. The topological polar surface area (TPSA) is 78.9 Å². The third-order valence-electron chi connectivity index (χ3n) is 6.41. The minimum Gasteiger partial charge on any atom is -0.461 e. The molecule has 0 bridgehead atoms. The fraction of sp³-hybridized carbons (Fsp3) is 0.639. The van der Waals surface area contributed by atoms with Gasteiger partial charge in [-0.25, -0.2) is 0 Å². The largest absolute Gasteiger partial charge is 0.461 e. The molecule has 0 saturated carbocycles. The number of carbonyl (C=O) groups is 3. The highest BCUT2D eigenvalue weighted by atomic mass is 16.6. The molecular formula is C36H56O6. The van der Waals surface area contributed by atoms with Crippen LogP contribution >= 0.6 is 0 Å². The van der Waals surface area contributed by atoms with Gasteiger partial charge in [-0.3, -0.25) is 14.4 Å². The van der Waals surface area contributed by atoms with Gasteiger partial charge in [0.25, 0.3) is 0 Å². The van der Waals surface area contributed by atoms with E-state index in [-0.39, 0.29) is 19.2 Å². The van der Waals surface area contributed by atoms with Crippen molar-refractivity contribution >= 4 is 17.9 Å². The molecule has 0 aliphatic rings. The fourth-order valence-corrected chi connectivity index (χ4v) is 4.05. The Morgan fingerprint density at radius 3 is 1.95 bits per heavy atom. The summed E-state index contributed by atoms with van der Waals surface area (Å²) in [6.07, 6.45) is 24.3. The van der Waals surface area contributed by atoms with Gasteiger partial charge in [0.2, 0.25) is 0 Å². The summed E-state index contributed by atoms with van der Waals surface area (Å²) in [6.45, 7) is 10.7. The van der Waals surface area contributed by atoms with Crippen molar-refractivity contribution in [1.29, 1.82) is 0 Å². The van der Waals surface area contributed by atoms with E-state index < -0.39 is 18.0 Å². The lowest BCUT2D eigenvalue weighted by Crippen LogP contribution is -2.23. The molecule has 0 spiro atoms. The van der Waals surface area contributed by atoms with Gasteiger partial charge >= 0.3 is 17.9 Å². The Labute approximate surface area is 256 Å². The molecule has 0 aromatic carbocycles. The number of carbonyl (C=O) groups excluding carboxylic acids is 3. The lowest BCUT2D eigenvalue weighted by atomic mass is 10.1. The van der Waals surface area contributed by atoms with Crippen molar-refractivity contribution < 1.29 is 28.6 Å². The van der Waals surface area contributed by atoms with Crippen molar-refractivity contribution in [3.05, 3.63) is 47.1 Å². The van der Waals surface area contributed by atoms with Crippen molar-refractivity contribution in [2.45, 2.75) is 138 Å². The molecule has 42 heavy (non-hydrogen) atoms. The van der Waals surface area contributed by atoms with Crippen LogP contribution in [0.5, 0.6) is 0 Å². The second kappa shape index (κ2) is 26.8. The maximum absolute atomic E-state index is 12.3. The first-order chi connectivity index (χ1) is 20.1. The zero-order chi connectivity index (χ0) is 31.4. The van der Waals surface area contributed by atoms with Gasteiger partial charge in [-0.2, -0.15) is 0 Å². The smallest absolute Gasteiger partial charge is 0.306 e. The molecule has 1 atom stereocenters. The minimum atomic E-state index is -0.666. The molecule has 0 heterocycles. The number of esters is 3. The van der Waals surface area contributed by atoms with E-state index in [1.165, 1.54) is 58.8 Å². The monoisotopic (exact) mass is 584 g/mol. The van der Waals surface area contributed by atoms with Crippen LogP contribution in [0.4, 0.5) is 0 Å². The second-order valence-corrected chi connectivity index (χ2v) is 10.9. The van der Waals surface area contributed by atoms with E-state index in [0.717, 1.165) is 43.3 Å². The summed E-state index contributed by atoms with van der Waals surface area (Å²) in [5, 5.41) is 0. The normalized spacial score (nSPS) is 12.3. The Kier molecular flexibility index (Phi) is 24.8. The molecule has 6 nitrogen and oxygen atoms in total. The summed E-state index contributed by atoms with van der Waals surface area (Å²) in [6, 6.07) is 0. The van der Waals surface area contributed by atoms with E-state index in [1.54, 1.807) is 6.08 Å². The van der Waals surface area contributed by atoms with Crippen molar-refractivity contribution in [2.75, 3.05) is 13.2 Å². The van der Waals surface area contributed by atoms with Crippen LogP contribution in [-0.2, 0) is 28.6 Å². The van der Waals surface area contributed by atoms with Gasteiger partial charge in [-0.1, -0.05) is 87.5 Å². The molecule has 0 amide bonds. The van der Waals surface area contributed by atoms with E-state index in [0.29, 0.717) is 18.4 Å². The number of allylic oxidation sites excluding steroid dienone is 5. The Balaban J connectivity index is 4.62. The van der Waals surface area contributed by atoms with Gasteiger partial charge in [0.05, 0.1) is 0 Å². The zero-order valence-corrected chi connectivity index (χ0v) is 27.2. The molecule has 0 rings (SSSR count). The van der Waals surface area contributed by atoms with Crippen molar-refractivity contribution in [3.63, 3.8) is 0 Å². The van der Waals surface area contributed by atoms with Gasteiger partial charge in [0.1, 0.15) is 19.3 Å². The quantitative estimate of drug-likeness (QED) is 0.0416. The minimum absolute atomic E-state index is 0.0136. The predicted molar refractivity (Wildman–Crippen MR) is 172 cm³/mol. The maximum Gasteiger partial charge on any atom is 0.306 e. The van der Waals surface area contributed by atoms with E-state index in [1.807, 2.05) is 32.9 Å². The number of hydrogen-bond acceptors (Lipinski definition) is 6. The van der Waals surface area contributed by atoms with Crippen LogP contribution in [0.3, 0.4) is 0 Å². The predicted octanol–water partition coefficient (Wildman–Crippen LogP) is 8.90. The highest BCUT2D eigenvalue weighted by molar-refractivity contribution is 5.69. The molecule has 0 aliphatic carbocycles. The first kappa shape index (κ1) is 38.9. The highest BCUT2D eigenvalue weighted by Gasteiger charge is 2.18. The first-order valence-electron chi connectivity index (χ1n) is 15.8.